The van der Waals surface area contributed by atoms with E-state index in [0.29, 0.717) is 11.7 Å². The molecular formula is C16H29NO. The van der Waals surface area contributed by atoms with Gasteiger partial charge in [0.15, 0.2) is 0 Å². The van der Waals surface area contributed by atoms with E-state index in [1.807, 2.05) is 0 Å². The summed E-state index contributed by atoms with van der Waals surface area (Å²) in [5.74, 6) is 0.881. The minimum absolute atomic E-state index is 0.330. The van der Waals surface area contributed by atoms with Crippen LogP contribution < -0.4 is 5.32 Å². The van der Waals surface area contributed by atoms with E-state index in [2.05, 4.69) is 12.2 Å². The molecule has 0 aromatic carbocycles. The van der Waals surface area contributed by atoms with Crippen LogP contribution in [0, 0.1) is 5.92 Å². The topological polar surface area (TPSA) is 21.3 Å². The lowest BCUT2D eigenvalue weighted by molar-refractivity contribution is -0.0449. The van der Waals surface area contributed by atoms with Crippen LogP contribution in [0.15, 0.2) is 0 Å². The molecule has 2 heteroatoms. The molecule has 0 bridgehead atoms. The monoisotopic (exact) mass is 251 g/mol. The van der Waals surface area contributed by atoms with Crippen molar-refractivity contribution in [2.45, 2.75) is 88.9 Å². The highest BCUT2D eigenvalue weighted by Gasteiger charge is 2.43. The Morgan fingerprint density at radius 3 is 2.67 bits per heavy atom. The summed E-state index contributed by atoms with van der Waals surface area (Å²) in [6, 6.07) is 0.777. The molecule has 3 fully saturated rings. The maximum Gasteiger partial charge on any atom is 0.0687 e. The largest absolute Gasteiger partial charge is 0.372 e. The molecule has 1 heterocycles. The van der Waals surface area contributed by atoms with Gasteiger partial charge in [-0.1, -0.05) is 26.2 Å². The van der Waals surface area contributed by atoms with E-state index in [4.69, 9.17) is 4.74 Å². The lowest BCUT2D eigenvalue weighted by atomic mass is 9.93. The van der Waals surface area contributed by atoms with Crippen LogP contribution in [0.3, 0.4) is 0 Å². The van der Waals surface area contributed by atoms with Gasteiger partial charge >= 0.3 is 0 Å². The second kappa shape index (κ2) is 5.50. The Hall–Kier alpha value is -0.0800. The Kier molecular flexibility index (Phi) is 3.95. The fourth-order valence-electron chi connectivity index (χ4n) is 4.64. The molecule has 0 amide bonds. The van der Waals surface area contributed by atoms with E-state index in [1.165, 1.54) is 64.2 Å². The van der Waals surface area contributed by atoms with Gasteiger partial charge in [0, 0.05) is 6.04 Å². The highest BCUT2D eigenvalue weighted by Crippen LogP contribution is 2.45. The van der Waals surface area contributed by atoms with Crippen molar-refractivity contribution in [2.75, 3.05) is 6.54 Å². The summed E-state index contributed by atoms with van der Waals surface area (Å²) in [5.41, 5.74) is 0.330. The molecule has 3 rings (SSSR count). The lowest BCUT2D eigenvalue weighted by Gasteiger charge is -2.27. The predicted octanol–water partition coefficient (Wildman–Crippen LogP) is 3.65. The summed E-state index contributed by atoms with van der Waals surface area (Å²) in [4.78, 5) is 0. The first kappa shape index (κ1) is 12.9. The van der Waals surface area contributed by atoms with Gasteiger partial charge in [0.1, 0.15) is 0 Å². The van der Waals surface area contributed by atoms with Crippen molar-refractivity contribution in [3.05, 3.63) is 0 Å². The van der Waals surface area contributed by atoms with Crippen molar-refractivity contribution in [1.82, 2.24) is 5.32 Å². The van der Waals surface area contributed by atoms with Gasteiger partial charge in [-0.3, -0.25) is 0 Å². The molecule has 0 aromatic rings. The second-order valence-corrected chi connectivity index (χ2v) is 6.76. The van der Waals surface area contributed by atoms with Gasteiger partial charge in [-0.05, 0) is 57.4 Å². The summed E-state index contributed by atoms with van der Waals surface area (Å²) in [6.45, 7) is 3.35. The van der Waals surface area contributed by atoms with Gasteiger partial charge < -0.3 is 10.1 Å². The highest BCUT2D eigenvalue weighted by atomic mass is 16.5. The zero-order chi connectivity index (χ0) is 12.4. The van der Waals surface area contributed by atoms with Gasteiger partial charge in [0.2, 0.25) is 0 Å². The molecule has 3 unspecified atom stereocenters. The molecule has 3 atom stereocenters. The van der Waals surface area contributed by atoms with Crippen molar-refractivity contribution in [3.63, 3.8) is 0 Å². The van der Waals surface area contributed by atoms with Crippen LogP contribution >= 0.6 is 0 Å². The van der Waals surface area contributed by atoms with Crippen LogP contribution in [0.4, 0.5) is 0 Å². The molecule has 1 N–H and O–H groups in total. The molecule has 2 saturated carbocycles. The number of hydrogen-bond donors (Lipinski definition) is 1. The van der Waals surface area contributed by atoms with Crippen molar-refractivity contribution < 1.29 is 4.74 Å². The van der Waals surface area contributed by atoms with E-state index >= 15 is 0 Å². The molecule has 2 aliphatic carbocycles. The Bertz CT molecular complexity index is 272. The average molecular weight is 251 g/mol. The van der Waals surface area contributed by atoms with E-state index in [1.54, 1.807) is 0 Å². The molecular weight excluding hydrogens is 222 g/mol. The van der Waals surface area contributed by atoms with Crippen molar-refractivity contribution in [1.29, 1.82) is 0 Å². The second-order valence-electron chi connectivity index (χ2n) is 6.76. The molecule has 18 heavy (non-hydrogen) atoms. The van der Waals surface area contributed by atoms with E-state index in [0.717, 1.165) is 18.5 Å². The molecule has 1 aliphatic heterocycles. The summed E-state index contributed by atoms with van der Waals surface area (Å²) in [5, 5.41) is 3.67. The summed E-state index contributed by atoms with van der Waals surface area (Å²) >= 11 is 0. The van der Waals surface area contributed by atoms with Gasteiger partial charge in [-0.2, -0.15) is 0 Å². The Morgan fingerprint density at radius 1 is 1.06 bits per heavy atom. The third-order valence-electron chi connectivity index (χ3n) is 5.54. The smallest absolute Gasteiger partial charge is 0.0687 e. The minimum atomic E-state index is 0.330. The molecule has 0 aromatic heterocycles. The third kappa shape index (κ3) is 2.60. The van der Waals surface area contributed by atoms with Crippen LogP contribution in [0.25, 0.3) is 0 Å². The highest BCUT2D eigenvalue weighted by molar-refractivity contribution is 4.94. The molecule has 2 nitrogen and oxygen atoms in total. The van der Waals surface area contributed by atoms with Crippen LogP contribution in [-0.2, 0) is 4.74 Å². The van der Waals surface area contributed by atoms with Gasteiger partial charge in [0.05, 0.1) is 11.7 Å². The lowest BCUT2D eigenvalue weighted by Crippen LogP contribution is -2.34. The predicted molar refractivity (Wildman–Crippen MR) is 74.7 cm³/mol. The fourth-order valence-corrected chi connectivity index (χ4v) is 4.64. The quantitative estimate of drug-likeness (QED) is 0.823. The Labute approximate surface area is 112 Å². The van der Waals surface area contributed by atoms with E-state index < -0.39 is 0 Å². The summed E-state index contributed by atoms with van der Waals surface area (Å²) < 4.78 is 6.47. The summed E-state index contributed by atoms with van der Waals surface area (Å²) in [7, 11) is 0. The standard InChI is InChI=1S/C16H29NO/c1-2-17-15-7-5-6-13(15)12-14-8-11-16(18-14)9-3-4-10-16/h13-15,17H,2-12H2,1H3. The maximum absolute atomic E-state index is 6.47. The number of hydrogen-bond acceptors (Lipinski definition) is 2. The maximum atomic E-state index is 6.47. The number of rotatable bonds is 4. The first-order chi connectivity index (χ1) is 8.81. The summed E-state index contributed by atoms with van der Waals surface area (Å²) in [6.07, 6.45) is 14.3. The third-order valence-corrected chi connectivity index (χ3v) is 5.54. The van der Waals surface area contributed by atoms with Crippen molar-refractivity contribution in [2.24, 2.45) is 5.92 Å². The van der Waals surface area contributed by atoms with Gasteiger partial charge in [-0.25, -0.2) is 0 Å². The number of ether oxygens (including phenoxy) is 1. The van der Waals surface area contributed by atoms with Gasteiger partial charge in [0.25, 0.3) is 0 Å². The fraction of sp³-hybridized carbons (Fsp3) is 1.00. The molecule has 1 saturated heterocycles. The van der Waals surface area contributed by atoms with Crippen molar-refractivity contribution >= 4 is 0 Å². The number of nitrogens with one attached hydrogen (secondary N) is 1. The molecule has 0 radical (unpaired) electrons. The van der Waals surface area contributed by atoms with Crippen LogP contribution in [-0.4, -0.2) is 24.3 Å². The first-order valence-corrected chi connectivity index (χ1v) is 8.22. The molecule has 104 valence electrons. The molecule has 1 spiro atoms. The van der Waals surface area contributed by atoms with Crippen LogP contribution in [0.5, 0.6) is 0 Å². The first-order valence-electron chi connectivity index (χ1n) is 8.22. The van der Waals surface area contributed by atoms with E-state index in [-0.39, 0.29) is 0 Å². The normalized spacial score (nSPS) is 38.8. The Morgan fingerprint density at radius 2 is 1.89 bits per heavy atom. The molecule has 3 aliphatic rings. The Balaban J connectivity index is 1.51. The van der Waals surface area contributed by atoms with E-state index in [9.17, 15) is 0 Å². The zero-order valence-corrected chi connectivity index (χ0v) is 11.9. The van der Waals surface area contributed by atoms with Crippen LogP contribution in [0.2, 0.25) is 0 Å². The van der Waals surface area contributed by atoms with Crippen molar-refractivity contribution in [3.8, 4) is 0 Å². The average Bonchev–Trinajstić information content (AvgIpc) is 3.06. The minimum Gasteiger partial charge on any atom is -0.372 e. The van der Waals surface area contributed by atoms with Crippen LogP contribution in [0.1, 0.15) is 71.1 Å². The van der Waals surface area contributed by atoms with Gasteiger partial charge in [-0.15, -0.1) is 0 Å². The zero-order valence-electron chi connectivity index (χ0n) is 11.9. The SMILES string of the molecule is CCNC1CCCC1CC1CCC2(CCCC2)O1.